The van der Waals surface area contributed by atoms with Crippen LogP contribution >= 0.6 is 0 Å². The number of halogens is 1. The smallest absolute Gasteiger partial charge is 0.243 e. The number of rotatable bonds is 3. The monoisotopic (exact) mass is 386 g/mol. The Balaban J connectivity index is 1.54. The zero-order valence-corrected chi connectivity index (χ0v) is 15.7. The van der Waals surface area contributed by atoms with E-state index < -0.39 is 15.8 Å². The Morgan fingerprint density at radius 2 is 1.48 bits per heavy atom. The Morgan fingerprint density at radius 1 is 0.889 bits per heavy atom. The lowest BCUT2D eigenvalue weighted by atomic mass is 10.2. The van der Waals surface area contributed by atoms with Crippen molar-refractivity contribution in [3.63, 3.8) is 0 Å². The second-order valence-corrected chi connectivity index (χ2v) is 8.40. The average molecular weight is 386 g/mol. The molecule has 0 radical (unpaired) electrons. The molecule has 8 heteroatoms. The summed E-state index contributed by atoms with van der Waals surface area (Å²) in [6, 6.07) is 12.6. The highest BCUT2D eigenvalue weighted by molar-refractivity contribution is 7.89. The minimum absolute atomic E-state index is 0.110. The molecule has 1 aliphatic rings. The lowest BCUT2D eigenvalue weighted by molar-refractivity contribution is 0.383. The van der Waals surface area contributed by atoms with Gasteiger partial charge in [0.05, 0.1) is 21.6 Å². The van der Waals surface area contributed by atoms with Gasteiger partial charge in [0.2, 0.25) is 10.0 Å². The van der Waals surface area contributed by atoms with Crippen molar-refractivity contribution in [3.8, 4) is 0 Å². The Kier molecular flexibility index (Phi) is 4.53. The SMILES string of the molecule is Cc1nc2ccccc2nc1N1CCN(S(=O)(=O)c2ccc(F)cc2)CC1. The van der Waals surface area contributed by atoms with Gasteiger partial charge in [0, 0.05) is 26.2 Å². The van der Waals surface area contributed by atoms with E-state index in [9.17, 15) is 12.8 Å². The molecule has 2 aromatic carbocycles. The van der Waals surface area contributed by atoms with Crippen molar-refractivity contribution in [3.05, 3.63) is 60.0 Å². The largest absolute Gasteiger partial charge is 0.352 e. The molecule has 1 saturated heterocycles. The van der Waals surface area contributed by atoms with E-state index >= 15 is 0 Å². The molecule has 2 heterocycles. The molecule has 1 aromatic heterocycles. The molecule has 3 aromatic rings. The first kappa shape index (κ1) is 17.8. The highest BCUT2D eigenvalue weighted by atomic mass is 32.2. The fourth-order valence-corrected chi connectivity index (χ4v) is 4.70. The molecule has 0 aliphatic carbocycles. The molecule has 4 rings (SSSR count). The second kappa shape index (κ2) is 6.86. The summed E-state index contributed by atoms with van der Waals surface area (Å²) in [6.45, 7) is 3.64. The molecular weight excluding hydrogens is 367 g/mol. The lowest BCUT2D eigenvalue weighted by Crippen LogP contribution is -2.49. The first-order valence-electron chi connectivity index (χ1n) is 8.69. The minimum Gasteiger partial charge on any atom is -0.352 e. The van der Waals surface area contributed by atoms with Gasteiger partial charge in [-0.3, -0.25) is 0 Å². The Bertz CT molecular complexity index is 1080. The van der Waals surface area contributed by atoms with E-state index in [1.54, 1.807) is 0 Å². The topological polar surface area (TPSA) is 66.4 Å². The Morgan fingerprint density at radius 3 is 2.11 bits per heavy atom. The predicted octanol–water partition coefficient (Wildman–Crippen LogP) is 2.59. The molecule has 1 aliphatic heterocycles. The number of para-hydroxylation sites is 2. The molecule has 140 valence electrons. The fraction of sp³-hybridized carbons (Fsp3) is 0.263. The summed E-state index contributed by atoms with van der Waals surface area (Å²) in [5.74, 6) is 0.330. The first-order valence-corrected chi connectivity index (χ1v) is 10.1. The van der Waals surface area contributed by atoms with E-state index in [0.29, 0.717) is 26.2 Å². The van der Waals surface area contributed by atoms with Gasteiger partial charge in [0.15, 0.2) is 5.82 Å². The molecule has 0 atom stereocenters. The number of fused-ring (bicyclic) bond motifs is 1. The maximum absolute atomic E-state index is 13.1. The van der Waals surface area contributed by atoms with Crippen LogP contribution in [0.25, 0.3) is 11.0 Å². The minimum atomic E-state index is -3.63. The standard InChI is InChI=1S/C19H19FN4O2S/c1-14-19(22-18-5-3-2-4-17(18)21-14)23-10-12-24(13-11-23)27(25,26)16-8-6-15(20)7-9-16/h2-9H,10-13H2,1H3. The van der Waals surface area contributed by atoms with E-state index in [1.807, 2.05) is 31.2 Å². The third-order valence-corrected chi connectivity index (χ3v) is 6.62. The Hall–Kier alpha value is -2.58. The number of hydrogen-bond donors (Lipinski definition) is 0. The van der Waals surface area contributed by atoms with Crippen molar-refractivity contribution < 1.29 is 12.8 Å². The van der Waals surface area contributed by atoms with Crippen molar-refractivity contribution in [2.45, 2.75) is 11.8 Å². The summed E-state index contributed by atoms with van der Waals surface area (Å²) in [6.07, 6.45) is 0. The summed E-state index contributed by atoms with van der Waals surface area (Å²) in [4.78, 5) is 11.5. The quantitative estimate of drug-likeness (QED) is 0.692. The van der Waals surface area contributed by atoms with Crippen LogP contribution in [0, 0.1) is 12.7 Å². The second-order valence-electron chi connectivity index (χ2n) is 6.47. The fourth-order valence-electron chi connectivity index (χ4n) is 3.27. The van der Waals surface area contributed by atoms with Crippen molar-refractivity contribution >= 4 is 26.9 Å². The molecule has 27 heavy (non-hydrogen) atoms. The number of sulfonamides is 1. The molecule has 0 unspecified atom stereocenters. The maximum Gasteiger partial charge on any atom is 0.243 e. The summed E-state index contributed by atoms with van der Waals surface area (Å²) in [5, 5.41) is 0. The number of aryl methyl sites for hydroxylation is 1. The number of aromatic nitrogens is 2. The van der Waals surface area contributed by atoms with Gasteiger partial charge in [-0.15, -0.1) is 0 Å². The Labute approximate surface area is 157 Å². The van der Waals surface area contributed by atoms with E-state index in [2.05, 4.69) is 9.88 Å². The molecule has 1 fully saturated rings. The summed E-state index contributed by atoms with van der Waals surface area (Å²) in [5.41, 5.74) is 2.49. The van der Waals surface area contributed by atoms with E-state index in [1.165, 1.54) is 16.4 Å². The number of benzene rings is 2. The van der Waals surface area contributed by atoms with Gasteiger partial charge in [-0.25, -0.2) is 22.8 Å². The van der Waals surface area contributed by atoms with Crippen molar-refractivity contribution in [1.29, 1.82) is 0 Å². The third-order valence-electron chi connectivity index (χ3n) is 4.71. The van der Waals surface area contributed by atoms with Gasteiger partial charge < -0.3 is 4.90 Å². The van der Waals surface area contributed by atoms with Crippen LogP contribution in [0.3, 0.4) is 0 Å². The van der Waals surface area contributed by atoms with E-state index in [0.717, 1.165) is 34.7 Å². The molecule has 0 saturated carbocycles. The van der Waals surface area contributed by atoms with Crippen LogP contribution in [0.15, 0.2) is 53.4 Å². The number of nitrogens with zero attached hydrogens (tertiary/aromatic N) is 4. The van der Waals surface area contributed by atoms with Gasteiger partial charge in [-0.1, -0.05) is 12.1 Å². The van der Waals surface area contributed by atoms with Crippen LogP contribution in [0.5, 0.6) is 0 Å². The molecular formula is C19H19FN4O2S. The third kappa shape index (κ3) is 3.38. The van der Waals surface area contributed by atoms with Gasteiger partial charge in [0.25, 0.3) is 0 Å². The number of anilines is 1. The van der Waals surface area contributed by atoms with E-state index in [-0.39, 0.29) is 4.90 Å². The number of hydrogen-bond acceptors (Lipinski definition) is 5. The van der Waals surface area contributed by atoms with Crippen LogP contribution in [-0.2, 0) is 10.0 Å². The predicted molar refractivity (Wildman–Crippen MR) is 102 cm³/mol. The van der Waals surface area contributed by atoms with Crippen LogP contribution in [-0.4, -0.2) is 48.9 Å². The van der Waals surface area contributed by atoms with Crippen molar-refractivity contribution in [2.75, 3.05) is 31.1 Å². The van der Waals surface area contributed by atoms with Gasteiger partial charge in [0.1, 0.15) is 5.82 Å². The van der Waals surface area contributed by atoms with Crippen molar-refractivity contribution in [1.82, 2.24) is 14.3 Å². The highest BCUT2D eigenvalue weighted by Gasteiger charge is 2.29. The van der Waals surface area contributed by atoms with E-state index in [4.69, 9.17) is 4.98 Å². The zero-order chi connectivity index (χ0) is 19.0. The van der Waals surface area contributed by atoms with Gasteiger partial charge >= 0.3 is 0 Å². The maximum atomic E-state index is 13.1. The highest BCUT2D eigenvalue weighted by Crippen LogP contribution is 2.23. The molecule has 0 N–H and O–H groups in total. The summed E-state index contributed by atoms with van der Waals surface area (Å²) in [7, 11) is -3.63. The van der Waals surface area contributed by atoms with Crippen molar-refractivity contribution in [2.24, 2.45) is 0 Å². The molecule has 0 bridgehead atoms. The van der Waals surface area contributed by atoms with Crippen LogP contribution < -0.4 is 4.90 Å². The normalized spacial score (nSPS) is 16.0. The average Bonchev–Trinajstić information content (AvgIpc) is 2.68. The van der Waals surface area contributed by atoms with Gasteiger partial charge in [-0.2, -0.15) is 4.31 Å². The van der Waals surface area contributed by atoms with Crippen LogP contribution in [0.1, 0.15) is 5.69 Å². The summed E-state index contributed by atoms with van der Waals surface area (Å²) < 4.78 is 40.0. The lowest BCUT2D eigenvalue weighted by Gasteiger charge is -2.35. The number of piperazine rings is 1. The first-order chi connectivity index (χ1) is 12.9. The summed E-state index contributed by atoms with van der Waals surface area (Å²) >= 11 is 0. The van der Waals surface area contributed by atoms with Gasteiger partial charge in [-0.05, 0) is 43.3 Å². The molecule has 0 amide bonds. The van der Waals surface area contributed by atoms with Crippen LogP contribution in [0.2, 0.25) is 0 Å². The zero-order valence-electron chi connectivity index (χ0n) is 14.8. The van der Waals surface area contributed by atoms with Crippen LogP contribution in [0.4, 0.5) is 10.2 Å². The molecule has 0 spiro atoms. The molecule has 6 nitrogen and oxygen atoms in total.